The third-order valence-corrected chi connectivity index (χ3v) is 11.3. The maximum Gasteiger partial charge on any atom is 0.409 e. The molecule has 1 aliphatic rings. The quantitative estimate of drug-likeness (QED) is 0.0346. The lowest BCUT2D eigenvalue weighted by atomic mass is 10.0. The third kappa shape index (κ3) is 32.9. The van der Waals surface area contributed by atoms with Crippen LogP contribution < -0.4 is 0 Å². The zero-order chi connectivity index (χ0) is 39.9. The van der Waals surface area contributed by atoms with Crippen LogP contribution in [0, 0.1) is 0 Å². The average Bonchev–Trinajstić information content (AvgIpc) is 3.59. The van der Waals surface area contributed by atoms with Crippen LogP contribution in [0.15, 0.2) is 0 Å². The lowest BCUT2D eigenvalue weighted by molar-refractivity contribution is -0.150. The smallest absolute Gasteiger partial charge is 0.409 e. The van der Waals surface area contributed by atoms with Crippen LogP contribution in [0.2, 0.25) is 0 Å². The van der Waals surface area contributed by atoms with E-state index in [0.29, 0.717) is 32.6 Å². The van der Waals surface area contributed by atoms with Crippen molar-refractivity contribution in [3.05, 3.63) is 0 Å². The van der Waals surface area contributed by atoms with Gasteiger partial charge in [-0.15, -0.1) is 0 Å². The Kier molecular flexibility index (Phi) is 36.3. The highest BCUT2D eigenvalue weighted by Gasteiger charge is 2.21. The second kappa shape index (κ2) is 39.0. The zero-order valence-corrected chi connectivity index (χ0v) is 36.7. The van der Waals surface area contributed by atoms with E-state index in [2.05, 4.69) is 25.7 Å². The summed E-state index contributed by atoms with van der Waals surface area (Å²) in [6.45, 7) is 12.5. The molecule has 1 unspecified atom stereocenters. The number of nitrogens with zero attached hydrogens (tertiary/aromatic N) is 2. The lowest BCUT2D eigenvalue weighted by Gasteiger charge is -2.23. The molecule has 324 valence electrons. The molecule has 0 aliphatic carbocycles. The molecule has 1 fully saturated rings. The molecule has 0 aromatic rings. The number of cyclic esters (lactones) is 1. The summed E-state index contributed by atoms with van der Waals surface area (Å²) < 4.78 is 16.6. The molecular formula is C47H90N2O6. The minimum absolute atomic E-state index is 0.0105. The summed E-state index contributed by atoms with van der Waals surface area (Å²) in [7, 11) is 0. The molecule has 1 aliphatic heterocycles. The van der Waals surface area contributed by atoms with Crippen LogP contribution in [-0.4, -0.2) is 79.9 Å². The van der Waals surface area contributed by atoms with Crippen LogP contribution in [-0.2, 0) is 23.8 Å². The lowest BCUT2D eigenvalue weighted by Crippen LogP contribution is -2.32. The molecule has 1 atom stereocenters. The summed E-state index contributed by atoms with van der Waals surface area (Å²) in [5, 5.41) is 0. The Labute approximate surface area is 340 Å². The fraction of sp³-hybridized carbons (Fsp3) is 0.936. The van der Waals surface area contributed by atoms with E-state index in [1.165, 1.54) is 116 Å². The predicted molar refractivity (Wildman–Crippen MR) is 230 cm³/mol. The molecule has 55 heavy (non-hydrogen) atoms. The Balaban J connectivity index is 2.26. The van der Waals surface area contributed by atoms with Gasteiger partial charge in [-0.25, -0.2) is 4.79 Å². The first kappa shape index (κ1) is 51.2. The molecular weight excluding hydrogens is 689 g/mol. The molecule has 0 radical (unpaired) electrons. The molecule has 0 N–H and O–H groups in total. The van der Waals surface area contributed by atoms with E-state index in [-0.39, 0.29) is 24.1 Å². The van der Waals surface area contributed by atoms with Gasteiger partial charge in [-0.05, 0) is 83.8 Å². The van der Waals surface area contributed by atoms with Gasteiger partial charge in [0.25, 0.3) is 0 Å². The summed E-state index contributed by atoms with van der Waals surface area (Å²) in [6.07, 6.45) is 37.6. The summed E-state index contributed by atoms with van der Waals surface area (Å²) in [5.41, 5.74) is 0. The van der Waals surface area contributed by atoms with Crippen LogP contribution in [0.5, 0.6) is 0 Å². The SMILES string of the molecule is CCCCCCCCCOC(=O)CCCCCCCN(CCCCCCCC(=O)OC(CCCCCCC)CCCCCCCC)CCCN1CCOC1=O. The highest BCUT2D eigenvalue weighted by molar-refractivity contribution is 5.70. The minimum Gasteiger partial charge on any atom is -0.466 e. The van der Waals surface area contributed by atoms with E-state index >= 15 is 0 Å². The topological polar surface area (TPSA) is 85.4 Å². The number of unbranched alkanes of at least 4 members (excludes halogenated alkanes) is 23. The van der Waals surface area contributed by atoms with Crippen molar-refractivity contribution in [2.75, 3.05) is 45.9 Å². The maximum absolute atomic E-state index is 12.8. The first-order valence-electron chi connectivity index (χ1n) is 24.0. The van der Waals surface area contributed by atoms with E-state index in [1.807, 2.05) is 4.90 Å². The number of hydrogen-bond donors (Lipinski definition) is 0. The van der Waals surface area contributed by atoms with Gasteiger partial charge in [0.15, 0.2) is 0 Å². The molecule has 1 amide bonds. The second-order valence-corrected chi connectivity index (χ2v) is 16.5. The van der Waals surface area contributed by atoms with Gasteiger partial charge in [0.1, 0.15) is 12.7 Å². The molecule has 1 saturated heterocycles. The van der Waals surface area contributed by atoms with Crippen molar-refractivity contribution in [2.45, 2.75) is 239 Å². The summed E-state index contributed by atoms with van der Waals surface area (Å²) >= 11 is 0. The van der Waals surface area contributed by atoms with Crippen LogP contribution in [0.4, 0.5) is 4.79 Å². The molecule has 0 bridgehead atoms. The molecule has 8 nitrogen and oxygen atoms in total. The average molecular weight is 779 g/mol. The van der Waals surface area contributed by atoms with Crippen LogP contribution >= 0.6 is 0 Å². The molecule has 1 heterocycles. The van der Waals surface area contributed by atoms with Crippen molar-refractivity contribution in [1.82, 2.24) is 9.80 Å². The van der Waals surface area contributed by atoms with E-state index in [0.717, 1.165) is 110 Å². The van der Waals surface area contributed by atoms with Gasteiger partial charge >= 0.3 is 18.0 Å². The summed E-state index contributed by atoms with van der Waals surface area (Å²) in [4.78, 5) is 41.2. The van der Waals surface area contributed by atoms with E-state index in [9.17, 15) is 14.4 Å². The van der Waals surface area contributed by atoms with Crippen molar-refractivity contribution in [3.8, 4) is 0 Å². The van der Waals surface area contributed by atoms with E-state index < -0.39 is 0 Å². The number of rotatable bonds is 42. The van der Waals surface area contributed by atoms with Gasteiger partial charge in [0.05, 0.1) is 13.2 Å². The first-order chi connectivity index (χ1) is 27.0. The number of ether oxygens (including phenoxy) is 3. The molecule has 0 aromatic heterocycles. The van der Waals surface area contributed by atoms with Gasteiger partial charge in [0, 0.05) is 19.4 Å². The van der Waals surface area contributed by atoms with Crippen LogP contribution in [0.3, 0.4) is 0 Å². The highest BCUT2D eigenvalue weighted by Crippen LogP contribution is 2.18. The largest absolute Gasteiger partial charge is 0.466 e. The van der Waals surface area contributed by atoms with Crippen LogP contribution in [0.25, 0.3) is 0 Å². The summed E-state index contributed by atoms with van der Waals surface area (Å²) in [5.74, 6) is -0.0220. The van der Waals surface area contributed by atoms with Gasteiger partial charge < -0.3 is 24.0 Å². The Morgan fingerprint density at radius 2 is 1.00 bits per heavy atom. The highest BCUT2D eigenvalue weighted by atomic mass is 16.6. The summed E-state index contributed by atoms with van der Waals surface area (Å²) in [6, 6.07) is 0. The van der Waals surface area contributed by atoms with E-state index in [1.54, 1.807) is 0 Å². The Hall–Kier alpha value is -1.83. The molecule has 0 aromatic carbocycles. The normalized spacial score (nSPS) is 13.5. The molecule has 0 spiro atoms. The predicted octanol–water partition coefficient (Wildman–Crippen LogP) is 13.1. The molecule has 8 heteroatoms. The van der Waals surface area contributed by atoms with Crippen LogP contribution in [0.1, 0.15) is 233 Å². The number of carbonyl (C=O) groups excluding carboxylic acids is 3. The third-order valence-electron chi connectivity index (χ3n) is 11.3. The molecule has 1 rings (SSSR count). The zero-order valence-electron chi connectivity index (χ0n) is 36.7. The number of carbonyl (C=O) groups is 3. The van der Waals surface area contributed by atoms with Crippen molar-refractivity contribution in [2.24, 2.45) is 0 Å². The number of esters is 2. The first-order valence-corrected chi connectivity index (χ1v) is 24.0. The second-order valence-electron chi connectivity index (χ2n) is 16.5. The maximum atomic E-state index is 12.8. The molecule has 0 saturated carbocycles. The monoisotopic (exact) mass is 779 g/mol. The Morgan fingerprint density at radius 3 is 1.51 bits per heavy atom. The Morgan fingerprint density at radius 1 is 0.564 bits per heavy atom. The van der Waals surface area contributed by atoms with Crippen molar-refractivity contribution in [1.29, 1.82) is 0 Å². The van der Waals surface area contributed by atoms with Crippen molar-refractivity contribution < 1.29 is 28.6 Å². The minimum atomic E-state index is -0.173. The standard InChI is InChI=1S/C47H90N2O6/c1-4-7-10-13-15-24-31-42-53-45(50)35-27-20-16-22-29-37-48(39-32-40-49-41-43-54-47(49)52)38-30-23-17-21-28-36-46(51)55-44(33-25-18-12-9-6-3)34-26-19-14-11-8-5-2/h44H,4-43H2,1-3H3. The van der Waals surface area contributed by atoms with Gasteiger partial charge in [-0.3, -0.25) is 9.59 Å². The van der Waals surface area contributed by atoms with Crippen molar-refractivity contribution in [3.63, 3.8) is 0 Å². The van der Waals surface area contributed by atoms with Gasteiger partial charge in [0.2, 0.25) is 0 Å². The fourth-order valence-electron chi connectivity index (χ4n) is 7.67. The van der Waals surface area contributed by atoms with E-state index in [4.69, 9.17) is 14.2 Å². The van der Waals surface area contributed by atoms with Gasteiger partial charge in [-0.1, -0.05) is 156 Å². The number of hydrogen-bond acceptors (Lipinski definition) is 7. The van der Waals surface area contributed by atoms with Gasteiger partial charge in [-0.2, -0.15) is 0 Å². The van der Waals surface area contributed by atoms with Crippen molar-refractivity contribution >= 4 is 18.0 Å². The number of amides is 1. The fourth-order valence-corrected chi connectivity index (χ4v) is 7.67. The Bertz CT molecular complexity index is 885.